The molecule has 0 aromatic carbocycles. The maximum absolute atomic E-state index is 5.44. The van der Waals surface area contributed by atoms with Gasteiger partial charge < -0.3 is 5.32 Å². The van der Waals surface area contributed by atoms with Gasteiger partial charge in [-0.3, -0.25) is 0 Å². The van der Waals surface area contributed by atoms with Crippen molar-refractivity contribution in [1.29, 1.82) is 0 Å². The van der Waals surface area contributed by atoms with E-state index >= 15 is 0 Å². The fourth-order valence-electron chi connectivity index (χ4n) is 2.13. The second-order valence-corrected chi connectivity index (χ2v) is 5.23. The summed E-state index contributed by atoms with van der Waals surface area (Å²) in [5, 5.41) is 3.56. The smallest absolute Gasteiger partial charge is 0.0686 e. The molecule has 0 aromatic heterocycles. The Labute approximate surface area is 88.7 Å². The summed E-state index contributed by atoms with van der Waals surface area (Å²) in [4.78, 5) is 0. The molecule has 0 amide bonds. The summed E-state index contributed by atoms with van der Waals surface area (Å²) < 4.78 is 0. The van der Waals surface area contributed by atoms with Gasteiger partial charge in [0.2, 0.25) is 0 Å². The second kappa shape index (κ2) is 4.84. The number of hydrogen-bond donors (Lipinski definition) is 1. The number of rotatable bonds is 3. The molecule has 0 aliphatic heterocycles. The van der Waals surface area contributed by atoms with E-state index in [0.717, 1.165) is 6.42 Å². The van der Waals surface area contributed by atoms with E-state index in [-0.39, 0.29) is 6.04 Å². The molecule has 1 fully saturated rings. The molecule has 1 nitrogen and oxygen atoms in total. The van der Waals surface area contributed by atoms with Crippen molar-refractivity contribution >= 4 is 0 Å². The fourth-order valence-corrected chi connectivity index (χ4v) is 2.13. The number of terminal acetylenes is 1. The van der Waals surface area contributed by atoms with Gasteiger partial charge in [0.25, 0.3) is 0 Å². The van der Waals surface area contributed by atoms with Crippen molar-refractivity contribution in [2.75, 3.05) is 0 Å². The summed E-state index contributed by atoms with van der Waals surface area (Å²) in [5.74, 6) is 2.81. The van der Waals surface area contributed by atoms with E-state index in [2.05, 4.69) is 32.0 Å². The van der Waals surface area contributed by atoms with Gasteiger partial charge >= 0.3 is 0 Å². The SMILES string of the molecule is C#CC(CC)NC1CCC(C)(C)CC1. The molecule has 14 heavy (non-hydrogen) atoms. The molecule has 1 unspecified atom stereocenters. The molecule has 1 aliphatic rings. The first-order valence-electron chi connectivity index (χ1n) is 5.79. The molecule has 1 N–H and O–H groups in total. The first-order chi connectivity index (χ1) is 6.57. The lowest BCUT2D eigenvalue weighted by Crippen LogP contribution is -2.40. The summed E-state index contributed by atoms with van der Waals surface area (Å²) in [5.41, 5.74) is 0.552. The Bertz CT molecular complexity index is 202. The van der Waals surface area contributed by atoms with Gasteiger partial charge in [0.1, 0.15) is 0 Å². The fraction of sp³-hybridized carbons (Fsp3) is 0.846. The summed E-state index contributed by atoms with van der Waals surface area (Å²) >= 11 is 0. The van der Waals surface area contributed by atoms with Crippen LogP contribution in [-0.4, -0.2) is 12.1 Å². The van der Waals surface area contributed by atoms with Crippen molar-refractivity contribution in [2.24, 2.45) is 5.41 Å². The van der Waals surface area contributed by atoms with Crippen LogP contribution in [0.1, 0.15) is 52.9 Å². The van der Waals surface area contributed by atoms with Crippen LogP contribution in [0, 0.1) is 17.8 Å². The van der Waals surface area contributed by atoms with Gasteiger partial charge in [0, 0.05) is 6.04 Å². The summed E-state index contributed by atoms with van der Waals surface area (Å²) in [6, 6.07) is 0.935. The molecule has 1 atom stereocenters. The first-order valence-corrected chi connectivity index (χ1v) is 5.79. The Kier molecular flexibility index (Phi) is 4.01. The quantitative estimate of drug-likeness (QED) is 0.680. The maximum Gasteiger partial charge on any atom is 0.0686 e. The largest absolute Gasteiger partial charge is 0.301 e. The highest BCUT2D eigenvalue weighted by Gasteiger charge is 2.27. The lowest BCUT2D eigenvalue weighted by atomic mass is 9.75. The van der Waals surface area contributed by atoms with Gasteiger partial charge in [-0.05, 0) is 37.5 Å². The van der Waals surface area contributed by atoms with E-state index in [4.69, 9.17) is 6.42 Å². The van der Waals surface area contributed by atoms with Gasteiger partial charge in [-0.1, -0.05) is 26.7 Å². The standard InChI is InChI=1S/C13H23N/c1-5-11(6-2)14-12-7-9-13(3,4)10-8-12/h1,11-12,14H,6-10H2,2-4H3. The van der Waals surface area contributed by atoms with Gasteiger partial charge in [-0.25, -0.2) is 0 Å². The highest BCUT2D eigenvalue weighted by molar-refractivity contribution is 4.99. The molecular weight excluding hydrogens is 170 g/mol. The van der Waals surface area contributed by atoms with Crippen LogP contribution >= 0.6 is 0 Å². The van der Waals surface area contributed by atoms with Crippen molar-refractivity contribution in [3.63, 3.8) is 0 Å². The van der Waals surface area contributed by atoms with Crippen molar-refractivity contribution in [1.82, 2.24) is 5.32 Å². The van der Waals surface area contributed by atoms with Crippen LogP contribution in [0.3, 0.4) is 0 Å². The van der Waals surface area contributed by atoms with Crippen LogP contribution < -0.4 is 5.32 Å². The highest BCUT2D eigenvalue weighted by Crippen LogP contribution is 2.35. The van der Waals surface area contributed by atoms with Crippen LogP contribution in [-0.2, 0) is 0 Å². The monoisotopic (exact) mass is 193 g/mol. The zero-order valence-corrected chi connectivity index (χ0v) is 9.77. The van der Waals surface area contributed by atoms with E-state index in [1.807, 2.05) is 0 Å². The Morgan fingerprint density at radius 1 is 1.43 bits per heavy atom. The topological polar surface area (TPSA) is 12.0 Å². The third kappa shape index (κ3) is 3.35. The third-order valence-corrected chi connectivity index (χ3v) is 3.39. The van der Waals surface area contributed by atoms with Crippen molar-refractivity contribution < 1.29 is 0 Å². The normalized spacial score (nSPS) is 24.1. The average molecular weight is 193 g/mol. The van der Waals surface area contributed by atoms with E-state index in [1.165, 1.54) is 25.7 Å². The van der Waals surface area contributed by atoms with Crippen molar-refractivity contribution in [2.45, 2.75) is 65.0 Å². The molecule has 1 rings (SSSR count). The van der Waals surface area contributed by atoms with Gasteiger partial charge in [-0.2, -0.15) is 0 Å². The van der Waals surface area contributed by atoms with E-state index < -0.39 is 0 Å². The predicted octanol–water partition coefficient (Wildman–Crippen LogP) is 2.96. The molecule has 80 valence electrons. The second-order valence-electron chi connectivity index (χ2n) is 5.23. The summed E-state index contributed by atoms with van der Waals surface area (Å²) in [6.07, 6.45) is 11.7. The third-order valence-electron chi connectivity index (χ3n) is 3.39. The zero-order valence-electron chi connectivity index (χ0n) is 9.77. The molecule has 0 heterocycles. The molecule has 1 aliphatic carbocycles. The van der Waals surface area contributed by atoms with E-state index in [1.54, 1.807) is 0 Å². The molecule has 0 saturated heterocycles. The Hall–Kier alpha value is -0.480. The van der Waals surface area contributed by atoms with Crippen LogP contribution in [0.4, 0.5) is 0 Å². The first kappa shape index (κ1) is 11.6. The molecule has 1 heteroatoms. The van der Waals surface area contributed by atoms with Gasteiger partial charge in [0.15, 0.2) is 0 Å². The van der Waals surface area contributed by atoms with E-state index in [0.29, 0.717) is 11.5 Å². The van der Waals surface area contributed by atoms with Crippen LogP contribution in [0.2, 0.25) is 0 Å². The van der Waals surface area contributed by atoms with Crippen LogP contribution in [0.5, 0.6) is 0 Å². The maximum atomic E-state index is 5.44. The van der Waals surface area contributed by atoms with Crippen molar-refractivity contribution in [3.8, 4) is 12.3 Å². The molecule has 1 saturated carbocycles. The van der Waals surface area contributed by atoms with Crippen molar-refractivity contribution in [3.05, 3.63) is 0 Å². The molecular formula is C13H23N. The molecule has 0 radical (unpaired) electrons. The molecule has 0 spiro atoms. The lowest BCUT2D eigenvalue weighted by molar-refractivity contribution is 0.202. The Balaban J connectivity index is 2.32. The lowest BCUT2D eigenvalue weighted by Gasteiger charge is -2.35. The minimum atomic E-state index is 0.279. The average Bonchev–Trinajstić information content (AvgIpc) is 2.16. The Morgan fingerprint density at radius 2 is 2.00 bits per heavy atom. The molecule has 0 bridgehead atoms. The number of hydrogen-bond acceptors (Lipinski definition) is 1. The van der Waals surface area contributed by atoms with Gasteiger partial charge in [0.05, 0.1) is 6.04 Å². The predicted molar refractivity (Wildman–Crippen MR) is 62.1 cm³/mol. The molecule has 0 aromatic rings. The summed E-state index contributed by atoms with van der Waals surface area (Å²) in [6.45, 7) is 6.87. The van der Waals surface area contributed by atoms with Gasteiger partial charge in [-0.15, -0.1) is 6.42 Å². The number of nitrogens with one attached hydrogen (secondary N) is 1. The summed E-state index contributed by atoms with van der Waals surface area (Å²) in [7, 11) is 0. The zero-order chi connectivity index (χ0) is 10.6. The van der Waals surface area contributed by atoms with Crippen LogP contribution in [0.25, 0.3) is 0 Å². The minimum Gasteiger partial charge on any atom is -0.301 e. The van der Waals surface area contributed by atoms with Crippen LogP contribution in [0.15, 0.2) is 0 Å². The highest BCUT2D eigenvalue weighted by atomic mass is 14.9. The minimum absolute atomic E-state index is 0.279. The van der Waals surface area contributed by atoms with E-state index in [9.17, 15) is 0 Å². The Morgan fingerprint density at radius 3 is 2.43 bits per heavy atom.